The first kappa shape index (κ1) is 27.8. The molecule has 1 aliphatic heterocycles. The van der Waals surface area contributed by atoms with E-state index in [1.54, 1.807) is 0 Å². The van der Waals surface area contributed by atoms with Gasteiger partial charge in [-0.15, -0.1) is 18.5 Å². The van der Waals surface area contributed by atoms with Crippen LogP contribution in [0.5, 0.6) is 0 Å². The van der Waals surface area contributed by atoms with Gasteiger partial charge in [-0.3, -0.25) is 0 Å². The molecule has 0 radical (unpaired) electrons. The second kappa shape index (κ2) is 15.6. The molecule has 4 heteroatoms. The molecule has 29 heavy (non-hydrogen) atoms. The maximum Gasteiger partial charge on any atom is 0.147 e. The van der Waals surface area contributed by atoms with Crippen LogP contribution in [0.1, 0.15) is 130 Å². The van der Waals surface area contributed by atoms with E-state index in [1.165, 1.54) is 103 Å². The second-order valence-corrected chi connectivity index (χ2v) is 11.9. The Balaban J connectivity index is 2.98. The van der Waals surface area contributed by atoms with Crippen molar-refractivity contribution in [3.05, 3.63) is 0 Å². The van der Waals surface area contributed by atoms with Crippen LogP contribution in [0.2, 0.25) is 0 Å². The molecule has 2 nitrogen and oxygen atoms in total. The van der Waals surface area contributed by atoms with Crippen LogP contribution in [0, 0.1) is 0 Å². The molecule has 0 aromatic heterocycles. The van der Waals surface area contributed by atoms with Crippen LogP contribution in [0.15, 0.2) is 0 Å². The molecule has 0 aromatic carbocycles. The smallest absolute Gasteiger partial charge is 0.147 e. The van der Waals surface area contributed by atoms with Crippen molar-refractivity contribution in [1.82, 2.24) is 0 Å². The van der Waals surface area contributed by atoms with E-state index in [1.807, 2.05) is 0 Å². The molecule has 0 bridgehead atoms. The van der Waals surface area contributed by atoms with Crippen molar-refractivity contribution in [3.8, 4) is 0 Å². The van der Waals surface area contributed by atoms with Crippen molar-refractivity contribution < 1.29 is 9.47 Å². The first-order chi connectivity index (χ1) is 14.0. The van der Waals surface area contributed by atoms with Gasteiger partial charge < -0.3 is 9.47 Å². The van der Waals surface area contributed by atoms with E-state index in [9.17, 15) is 0 Å². The summed E-state index contributed by atoms with van der Waals surface area (Å²) in [6, 6.07) is 0. The quantitative estimate of drug-likeness (QED) is 0.156. The normalized spacial score (nSPS) is 20.5. The lowest BCUT2D eigenvalue weighted by Crippen LogP contribution is -2.51. The average Bonchev–Trinajstić information content (AvgIpc) is 3.20. The predicted molar refractivity (Wildman–Crippen MR) is 136 cm³/mol. The molecule has 1 heterocycles. The molecule has 4 atom stereocenters. The van der Waals surface area contributed by atoms with Gasteiger partial charge in [0.25, 0.3) is 0 Å². The molecule has 1 fully saturated rings. The highest BCUT2D eigenvalue weighted by molar-refractivity contribution is 7.19. The summed E-state index contributed by atoms with van der Waals surface area (Å²) < 4.78 is 12.8. The second-order valence-electron chi connectivity index (χ2n) is 9.59. The third kappa shape index (κ3) is 9.43. The van der Waals surface area contributed by atoms with Gasteiger partial charge in [-0.05, 0) is 25.7 Å². The first-order valence-corrected chi connectivity index (χ1v) is 13.9. The zero-order chi connectivity index (χ0) is 21.6. The standard InChI is InChI=1S/C25H52O2P2/c1-5-9-13-17-24(28,18-14-10-6-2)22-23(27-21-26-22)25(29,19-15-11-7-3)20-16-12-8-4/h22-23H,5-21,28-29H2,1-4H3. The van der Waals surface area contributed by atoms with Crippen molar-refractivity contribution in [3.63, 3.8) is 0 Å². The third-order valence-corrected chi connectivity index (χ3v) is 8.70. The Bertz CT molecular complexity index is 346. The summed E-state index contributed by atoms with van der Waals surface area (Å²) in [5.41, 5.74) is 0. The average molecular weight is 447 g/mol. The predicted octanol–water partition coefficient (Wildman–Crippen LogP) is 8.28. The highest BCUT2D eigenvalue weighted by atomic mass is 31.0. The molecule has 0 aromatic rings. The number of unbranched alkanes of at least 4 members (excludes halogenated alkanes) is 8. The van der Waals surface area contributed by atoms with Gasteiger partial charge in [0.1, 0.15) is 6.79 Å². The van der Waals surface area contributed by atoms with Crippen molar-refractivity contribution in [2.45, 2.75) is 153 Å². The van der Waals surface area contributed by atoms with Gasteiger partial charge in [0, 0.05) is 10.3 Å². The topological polar surface area (TPSA) is 18.5 Å². The highest BCUT2D eigenvalue weighted by Gasteiger charge is 2.50. The molecule has 0 aliphatic carbocycles. The molecule has 0 amide bonds. The van der Waals surface area contributed by atoms with E-state index in [0.29, 0.717) is 6.79 Å². The molecule has 0 saturated carbocycles. The lowest BCUT2D eigenvalue weighted by atomic mass is 9.79. The number of ether oxygens (including phenoxy) is 2. The lowest BCUT2D eigenvalue weighted by molar-refractivity contribution is 0.0257. The van der Waals surface area contributed by atoms with Gasteiger partial charge in [0.2, 0.25) is 0 Å². The van der Waals surface area contributed by atoms with Crippen LogP contribution in [0.25, 0.3) is 0 Å². The van der Waals surface area contributed by atoms with E-state index < -0.39 is 0 Å². The fourth-order valence-electron chi connectivity index (χ4n) is 4.93. The van der Waals surface area contributed by atoms with E-state index in [4.69, 9.17) is 9.47 Å². The van der Waals surface area contributed by atoms with Crippen LogP contribution >= 0.6 is 18.5 Å². The Morgan fingerprint density at radius 2 is 0.828 bits per heavy atom. The van der Waals surface area contributed by atoms with Gasteiger partial charge in [0.05, 0.1) is 12.2 Å². The van der Waals surface area contributed by atoms with E-state index >= 15 is 0 Å². The Morgan fingerprint density at radius 1 is 0.552 bits per heavy atom. The molecule has 0 spiro atoms. The summed E-state index contributed by atoms with van der Waals surface area (Å²) in [5.74, 6) is 0. The highest BCUT2D eigenvalue weighted by Crippen LogP contribution is 2.48. The summed E-state index contributed by atoms with van der Waals surface area (Å²) in [5, 5.41) is 0.311. The van der Waals surface area contributed by atoms with Crippen LogP contribution in [0.3, 0.4) is 0 Å². The van der Waals surface area contributed by atoms with Crippen molar-refractivity contribution in [1.29, 1.82) is 0 Å². The fourth-order valence-corrected chi connectivity index (χ4v) is 6.29. The van der Waals surface area contributed by atoms with Gasteiger partial charge in [0.15, 0.2) is 0 Å². The number of hydrogen-bond donors (Lipinski definition) is 0. The van der Waals surface area contributed by atoms with Crippen molar-refractivity contribution in [2.75, 3.05) is 6.79 Å². The SMILES string of the molecule is CCCCCC(P)(CCCCC)C1OCOC1C(P)(CCCCC)CCCCC. The lowest BCUT2D eigenvalue weighted by Gasteiger charge is -2.44. The Hall–Kier alpha value is 0.780. The summed E-state index contributed by atoms with van der Waals surface area (Å²) in [6.45, 7) is 9.68. The van der Waals surface area contributed by atoms with Crippen molar-refractivity contribution in [2.24, 2.45) is 0 Å². The third-order valence-electron chi connectivity index (χ3n) is 6.89. The fraction of sp³-hybridized carbons (Fsp3) is 1.00. The Morgan fingerprint density at radius 3 is 1.07 bits per heavy atom. The summed E-state index contributed by atoms with van der Waals surface area (Å²) in [4.78, 5) is 0. The van der Waals surface area contributed by atoms with Gasteiger partial charge in [-0.1, -0.05) is 105 Å². The largest absolute Gasteiger partial charge is 0.349 e. The maximum absolute atomic E-state index is 6.39. The minimum Gasteiger partial charge on any atom is -0.349 e. The minimum absolute atomic E-state index is 0.156. The molecular weight excluding hydrogens is 394 g/mol. The summed E-state index contributed by atoms with van der Waals surface area (Å²) in [7, 11) is 6.57. The maximum atomic E-state index is 6.39. The van der Waals surface area contributed by atoms with Crippen LogP contribution in [-0.4, -0.2) is 29.3 Å². The van der Waals surface area contributed by atoms with E-state index in [0.717, 1.165) is 0 Å². The zero-order valence-corrected chi connectivity index (χ0v) is 22.5. The molecule has 4 unspecified atom stereocenters. The molecule has 174 valence electrons. The number of rotatable bonds is 18. The van der Waals surface area contributed by atoms with Crippen molar-refractivity contribution >= 4 is 18.5 Å². The van der Waals surface area contributed by atoms with Crippen LogP contribution < -0.4 is 0 Å². The van der Waals surface area contributed by atoms with Gasteiger partial charge in [-0.2, -0.15) is 0 Å². The van der Waals surface area contributed by atoms with Gasteiger partial charge in [-0.25, -0.2) is 0 Å². The van der Waals surface area contributed by atoms with Gasteiger partial charge >= 0.3 is 0 Å². The Labute approximate surface area is 187 Å². The monoisotopic (exact) mass is 446 g/mol. The molecular formula is C25H52O2P2. The van der Waals surface area contributed by atoms with E-state index in [2.05, 4.69) is 46.2 Å². The number of hydrogen-bond acceptors (Lipinski definition) is 2. The van der Waals surface area contributed by atoms with Crippen LogP contribution in [0.4, 0.5) is 0 Å². The summed E-state index contributed by atoms with van der Waals surface area (Å²) in [6.07, 6.45) is 21.0. The first-order valence-electron chi connectivity index (χ1n) is 12.8. The minimum atomic E-state index is 0.156. The van der Waals surface area contributed by atoms with E-state index in [-0.39, 0.29) is 22.5 Å². The molecule has 1 saturated heterocycles. The zero-order valence-electron chi connectivity index (χ0n) is 20.1. The molecule has 1 aliphatic rings. The summed E-state index contributed by atoms with van der Waals surface area (Å²) >= 11 is 0. The Kier molecular flexibility index (Phi) is 14.9. The molecule has 1 rings (SSSR count). The van der Waals surface area contributed by atoms with Crippen LogP contribution in [-0.2, 0) is 9.47 Å². The molecule has 0 N–H and O–H groups in total.